The third kappa shape index (κ3) is 4.14. The molecule has 4 rings (SSSR count). The van der Waals surface area contributed by atoms with Gasteiger partial charge in [0.05, 0.1) is 0 Å². The minimum absolute atomic E-state index is 0.676. The van der Waals surface area contributed by atoms with Crippen LogP contribution < -0.4 is 4.90 Å². The number of aromatic nitrogens is 2. The number of thioether (sulfide) groups is 1. The van der Waals surface area contributed by atoms with Crippen LogP contribution in [0.4, 0.5) is 5.82 Å². The van der Waals surface area contributed by atoms with Gasteiger partial charge in [-0.3, -0.25) is 4.90 Å². The standard InChI is InChI=1S/C22H30N4S/c1-17(11-16-27-2)25-12-14-26(15-13-25)22-19-9-6-10-20(19)23-21(24-22)18-7-4-3-5-8-18/h3-5,7-8,17H,6,9-16H2,1-2H3/t17-/m0/s1. The smallest absolute Gasteiger partial charge is 0.161 e. The first-order chi connectivity index (χ1) is 13.3. The van der Waals surface area contributed by atoms with Crippen molar-refractivity contribution in [1.29, 1.82) is 0 Å². The number of piperazine rings is 1. The largest absolute Gasteiger partial charge is 0.354 e. The maximum Gasteiger partial charge on any atom is 0.161 e. The van der Waals surface area contributed by atoms with Crippen LogP contribution in [0.3, 0.4) is 0 Å². The molecule has 1 aliphatic carbocycles. The molecule has 2 heterocycles. The summed E-state index contributed by atoms with van der Waals surface area (Å²) in [5.74, 6) is 3.34. The van der Waals surface area contributed by atoms with Crippen LogP contribution in [-0.2, 0) is 12.8 Å². The summed E-state index contributed by atoms with van der Waals surface area (Å²) in [6, 6.07) is 11.1. The molecule has 27 heavy (non-hydrogen) atoms. The fourth-order valence-corrected chi connectivity index (χ4v) is 4.81. The van der Waals surface area contributed by atoms with Crippen LogP contribution in [0.1, 0.15) is 31.0 Å². The molecule has 0 unspecified atom stereocenters. The van der Waals surface area contributed by atoms with Gasteiger partial charge in [0.2, 0.25) is 0 Å². The molecule has 144 valence electrons. The Morgan fingerprint density at radius 3 is 2.56 bits per heavy atom. The molecular weight excluding hydrogens is 352 g/mol. The molecule has 0 radical (unpaired) electrons. The zero-order chi connectivity index (χ0) is 18.6. The zero-order valence-corrected chi connectivity index (χ0v) is 17.3. The first kappa shape index (κ1) is 18.8. The highest BCUT2D eigenvalue weighted by atomic mass is 32.2. The van der Waals surface area contributed by atoms with E-state index in [1.54, 1.807) is 0 Å². The lowest BCUT2D eigenvalue weighted by molar-refractivity contribution is 0.193. The molecule has 0 spiro atoms. The average molecular weight is 383 g/mol. The molecule has 1 fully saturated rings. The first-order valence-corrected chi connectivity index (χ1v) is 11.6. The Balaban J connectivity index is 1.53. The highest BCUT2D eigenvalue weighted by Crippen LogP contribution is 2.32. The van der Waals surface area contributed by atoms with Crippen molar-refractivity contribution in [2.75, 3.05) is 43.1 Å². The first-order valence-electron chi connectivity index (χ1n) is 10.2. The predicted molar refractivity (Wildman–Crippen MR) is 116 cm³/mol. The van der Waals surface area contributed by atoms with Gasteiger partial charge in [-0.05, 0) is 44.6 Å². The van der Waals surface area contributed by atoms with E-state index >= 15 is 0 Å². The Bertz CT molecular complexity index is 756. The molecule has 1 saturated heterocycles. The number of rotatable bonds is 6. The number of anilines is 1. The van der Waals surface area contributed by atoms with Crippen molar-refractivity contribution in [3.8, 4) is 11.4 Å². The van der Waals surface area contributed by atoms with Crippen molar-refractivity contribution >= 4 is 17.6 Å². The van der Waals surface area contributed by atoms with Crippen LogP contribution in [0.2, 0.25) is 0 Å². The lowest BCUT2D eigenvalue weighted by Crippen LogP contribution is -2.50. The molecular formula is C22H30N4S. The van der Waals surface area contributed by atoms with E-state index < -0.39 is 0 Å². The minimum atomic E-state index is 0.676. The number of aryl methyl sites for hydroxylation is 1. The lowest BCUT2D eigenvalue weighted by Gasteiger charge is -2.39. The number of benzene rings is 1. The lowest BCUT2D eigenvalue weighted by atomic mass is 10.1. The second kappa shape index (κ2) is 8.61. The predicted octanol–water partition coefficient (Wildman–Crippen LogP) is 3.90. The topological polar surface area (TPSA) is 32.3 Å². The monoisotopic (exact) mass is 382 g/mol. The molecule has 5 heteroatoms. The summed E-state index contributed by atoms with van der Waals surface area (Å²) in [7, 11) is 0. The molecule has 1 aliphatic heterocycles. The van der Waals surface area contributed by atoms with Gasteiger partial charge >= 0.3 is 0 Å². The van der Waals surface area contributed by atoms with Crippen molar-refractivity contribution in [3.63, 3.8) is 0 Å². The summed E-state index contributed by atoms with van der Waals surface area (Å²) in [5, 5.41) is 0. The summed E-state index contributed by atoms with van der Waals surface area (Å²) in [4.78, 5) is 15.1. The van der Waals surface area contributed by atoms with Crippen molar-refractivity contribution in [2.45, 2.75) is 38.6 Å². The quantitative estimate of drug-likeness (QED) is 0.757. The van der Waals surface area contributed by atoms with E-state index in [4.69, 9.17) is 9.97 Å². The Morgan fingerprint density at radius 2 is 1.81 bits per heavy atom. The summed E-state index contributed by atoms with van der Waals surface area (Å²) >= 11 is 1.95. The van der Waals surface area contributed by atoms with Gasteiger partial charge in [-0.2, -0.15) is 11.8 Å². The van der Waals surface area contributed by atoms with Crippen molar-refractivity contribution in [2.24, 2.45) is 0 Å². The van der Waals surface area contributed by atoms with Gasteiger partial charge in [-0.15, -0.1) is 0 Å². The minimum Gasteiger partial charge on any atom is -0.354 e. The Labute approximate surface area is 167 Å². The highest BCUT2D eigenvalue weighted by Gasteiger charge is 2.27. The normalized spacial score (nSPS) is 18.5. The van der Waals surface area contributed by atoms with Crippen molar-refractivity contribution in [3.05, 3.63) is 41.6 Å². The van der Waals surface area contributed by atoms with E-state index in [9.17, 15) is 0 Å². The second-order valence-electron chi connectivity index (χ2n) is 7.67. The highest BCUT2D eigenvalue weighted by molar-refractivity contribution is 7.98. The SMILES string of the molecule is CSCC[C@H](C)N1CCN(c2nc(-c3ccccc3)nc3c2CCC3)CC1. The van der Waals surface area contributed by atoms with Gasteiger partial charge in [0.25, 0.3) is 0 Å². The van der Waals surface area contributed by atoms with E-state index in [1.165, 1.54) is 35.7 Å². The molecule has 4 nitrogen and oxygen atoms in total. The Kier molecular flexibility index (Phi) is 5.98. The average Bonchev–Trinajstić information content (AvgIpc) is 3.21. The van der Waals surface area contributed by atoms with E-state index in [-0.39, 0.29) is 0 Å². The van der Waals surface area contributed by atoms with E-state index in [0.29, 0.717) is 6.04 Å². The molecule has 1 aromatic heterocycles. The van der Waals surface area contributed by atoms with Crippen LogP contribution >= 0.6 is 11.8 Å². The van der Waals surface area contributed by atoms with Crippen LogP contribution in [-0.4, -0.2) is 59.1 Å². The van der Waals surface area contributed by atoms with Crippen molar-refractivity contribution < 1.29 is 0 Å². The van der Waals surface area contributed by atoms with Gasteiger partial charge in [-0.1, -0.05) is 30.3 Å². The number of hydrogen-bond acceptors (Lipinski definition) is 5. The molecule has 1 aromatic carbocycles. The van der Waals surface area contributed by atoms with Gasteiger partial charge < -0.3 is 4.90 Å². The molecule has 0 saturated carbocycles. The Morgan fingerprint density at radius 1 is 1.04 bits per heavy atom. The van der Waals surface area contributed by atoms with Crippen molar-refractivity contribution in [1.82, 2.24) is 14.9 Å². The number of fused-ring (bicyclic) bond motifs is 1. The van der Waals surface area contributed by atoms with E-state index in [2.05, 4.69) is 53.3 Å². The maximum atomic E-state index is 5.05. The summed E-state index contributed by atoms with van der Waals surface area (Å²) < 4.78 is 0. The molecule has 0 bridgehead atoms. The van der Waals surface area contributed by atoms with Crippen LogP contribution in [0, 0.1) is 0 Å². The summed E-state index contributed by atoms with van der Waals surface area (Å²) in [6.07, 6.45) is 6.91. The van der Waals surface area contributed by atoms with Crippen LogP contribution in [0.25, 0.3) is 11.4 Å². The third-order valence-corrected chi connectivity index (χ3v) is 6.56. The second-order valence-corrected chi connectivity index (χ2v) is 8.65. The fourth-order valence-electron chi connectivity index (χ4n) is 4.24. The molecule has 0 N–H and O–H groups in total. The summed E-state index contributed by atoms with van der Waals surface area (Å²) in [5.41, 5.74) is 3.80. The fraction of sp³-hybridized carbons (Fsp3) is 0.545. The molecule has 2 aliphatic rings. The third-order valence-electron chi connectivity index (χ3n) is 5.92. The van der Waals surface area contributed by atoms with Gasteiger partial charge in [0.15, 0.2) is 5.82 Å². The van der Waals surface area contributed by atoms with E-state index in [0.717, 1.165) is 50.4 Å². The number of hydrogen-bond donors (Lipinski definition) is 0. The van der Waals surface area contributed by atoms with E-state index in [1.807, 2.05) is 11.8 Å². The van der Waals surface area contributed by atoms with Gasteiger partial charge in [-0.25, -0.2) is 9.97 Å². The van der Waals surface area contributed by atoms with Gasteiger partial charge in [0.1, 0.15) is 5.82 Å². The van der Waals surface area contributed by atoms with Crippen LogP contribution in [0.5, 0.6) is 0 Å². The zero-order valence-electron chi connectivity index (χ0n) is 16.5. The Hall–Kier alpha value is -1.59. The summed E-state index contributed by atoms with van der Waals surface area (Å²) in [6.45, 7) is 6.79. The van der Waals surface area contributed by atoms with Crippen LogP contribution in [0.15, 0.2) is 30.3 Å². The number of nitrogens with zero attached hydrogens (tertiary/aromatic N) is 4. The van der Waals surface area contributed by atoms with Gasteiger partial charge in [0, 0.05) is 49.0 Å². The molecule has 2 aromatic rings. The molecule has 0 amide bonds. The maximum absolute atomic E-state index is 5.05. The molecule has 1 atom stereocenters.